The van der Waals surface area contributed by atoms with E-state index >= 15 is 4.39 Å². The van der Waals surface area contributed by atoms with Crippen molar-refractivity contribution in [3.05, 3.63) is 83.3 Å². The average molecular weight is 512 g/mol. The molecule has 2 aliphatic rings. The molecule has 0 aliphatic carbocycles. The number of aliphatic hydroxyl groups is 1. The molecule has 0 radical (unpaired) electrons. The zero-order valence-electron chi connectivity index (χ0n) is 19.7. The molecule has 0 spiro atoms. The van der Waals surface area contributed by atoms with Gasteiger partial charge in [-0.2, -0.15) is 8.78 Å². The molecule has 3 aromatic heterocycles. The molecule has 6 rings (SSSR count). The second-order valence-electron chi connectivity index (χ2n) is 9.15. The summed E-state index contributed by atoms with van der Waals surface area (Å²) in [5.41, 5.74) is 3.15. The van der Waals surface area contributed by atoms with Crippen LogP contribution in [0.1, 0.15) is 53.6 Å². The molecule has 1 fully saturated rings. The molecule has 192 valence electrons. The van der Waals surface area contributed by atoms with Crippen molar-refractivity contribution >= 4 is 5.65 Å². The van der Waals surface area contributed by atoms with Crippen molar-refractivity contribution in [3.63, 3.8) is 0 Å². The van der Waals surface area contributed by atoms with Gasteiger partial charge in [-0.25, -0.2) is 9.37 Å². The third kappa shape index (κ3) is 4.45. The highest BCUT2D eigenvalue weighted by atomic mass is 19.3. The van der Waals surface area contributed by atoms with E-state index < -0.39 is 24.6 Å². The highest BCUT2D eigenvalue weighted by molar-refractivity contribution is 5.66. The summed E-state index contributed by atoms with van der Waals surface area (Å²) in [6.07, 6.45) is 3.10. The van der Waals surface area contributed by atoms with Gasteiger partial charge >= 0.3 is 6.61 Å². The van der Waals surface area contributed by atoms with Gasteiger partial charge < -0.3 is 19.3 Å². The van der Waals surface area contributed by atoms with Crippen molar-refractivity contribution in [1.82, 2.24) is 14.4 Å². The fourth-order valence-corrected chi connectivity index (χ4v) is 5.10. The van der Waals surface area contributed by atoms with Crippen LogP contribution in [0.2, 0.25) is 0 Å². The van der Waals surface area contributed by atoms with Crippen LogP contribution < -0.4 is 4.74 Å². The molecule has 0 bridgehead atoms. The molecule has 5 heterocycles. The number of alkyl halides is 2. The van der Waals surface area contributed by atoms with Gasteiger partial charge in [0.1, 0.15) is 29.4 Å². The van der Waals surface area contributed by atoms with Gasteiger partial charge in [-0.15, -0.1) is 0 Å². The minimum Gasteiger partial charge on any atom is -0.434 e. The topological polar surface area (TPSA) is 78.1 Å². The van der Waals surface area contributed by atoms with Gasteiger partial charge in [-0.05, 0) is 25.0 Å². The summed E-state index contributed by atoms with van der Waals surface area (Å²) < 4.78 is 59.1. The zero-order chi connectivity index (χ0) is 25.5. The summed E-state index contributed by atoms with van der Waals surface area (Å²) in [4.78, 5) is 9.04. The maximum atomic E-state index is 15.3. The lowest BCUT2D eigenvalue weighted by Gasteiger charge is -2.28. The molecule has 1 aromatic carbocycles. The number of hydrogen-bond acceptors (Lipinski definition) is 6. The minimum atomic E-state index is -3.02. The Morgan fingerprint density at radius 3 is 2.68 bits per heavy atom. The van der Waals surface area contributed by atoms with E-state index in [9.17, 15) is 13.9 Å². The predicted molar refractivity (Wildman–Crippen MR) is 127 cm³/mol. The molecular formula is C27H24F3N3O4. The minimum absolute atomic E-state index is 0.0463. The molecule has 37 heavy (non-hydrogen) atoms. The summed E-state index contributed by atoms with van der Waals surface area (Å²) in [6, 6.07) is 11.3. The van der Waals surface area contributed by atoms with Crippen LogP contribution in [0, 0.1) is 5.82 Å². The van der Waals surface area contributed by atoms with Crippen molar-refractivity contribution in [3.8, 4) is 16.9 Å². The average Bonchev–Trinajstić information content (AvgIpc) is 3.28. The fourth-order valence-electron chi connectivity index (χ4n) is 5.10. The Kier molecular flexibility index (Phi) is 6.31. The molecule has 1 N–H and O–H groups in total. The lowest BCUT2D eigenvalue weighted by molar-refractivity contribution is -0.0548. The van der Waals surface area contributed by atoms with Gasteiger partial charge in [0.15, 0.2) is 0 Å². The van der Waals surface area contributed by atoms with Crippen molar-refractivity contribution in [2.24, 2.45) is 0 Å². The van der Waals surface area contributed by atoms with Gasteiger partial charge in [0.05, 0.1) is 18.0 Å². The van der Waals surface area contributed by atoms with Gasteiger partial charge in [0, 0.05) is 60.0 Å². The normalized spacial score (nSPS) is 20.4. The number of nitrogens with zero attached hydrogens (tertiary/aromatic N) is 3. The molecule has 0 saturated carbocycles. The van der Waals surface area contributed by atoms with E-state index in [1.54, 1.807) is 35.0 Å². The van der Waals surface area contributed by atoms with Crippen LogP contribution in [-0.4, -0.2) is 45.9 Å². The fraction of sp³-hybridized carbons (Fsp3) is 0.333. The molecular weight excluding hydrogens is 487 g/mol. The second kappa shape index (κ2) is 9.77. The van der Waals surface area contributed by atoms with Crippen LogP contribution in [0.4, 0.5) is 13.2 Å². The van der Waals surface area contributed by atoms with E-state index in [0.29, 0.717) is 41.6 Å². The monoisotopic (exact) mass is 511 g/mol. The van der Waals surface area contributed by atoms with Crippen LogP contribution in [0.25, 0.3) is 16.8 Å². The number of halogens is 3. The van der Waals surface area contributed by atoms with E-state index in [0.717, 1.165) is 18.5 Å². The summed E-state index contributed by atoms with van der Waals surface area (Å²) in [7, 11) is 0. The lowest BCUT2D eigenvalue weighted by atomic mass is 9.95. The van der Waals surface area contributed by atoms with Crippen LogP contribution >= 0.6 is 0 Å². The first kappa shape index (κ1) is 23.9. The van der Waals surface area contributed by atoms with Crippen molar-refractivity contribution in [2.75, 3.05) is 19.8 Å². The smallest absolute Gasteiger partial charge is 0.387 e. The standard InChI is InChI=1S/C27H24F3N3O4/c28-19-11-23-32-24-21(34)14-36-26(17-3-1-2-4-22(17)37-27(29)30)25(24)33(23)13-18(19)16-5-6-20(31-12-16)15-7-9-35-10-8-15/h1-6,11-13,15,21,26-27,34H,7-10,14H2. The number of aromatic nitrogens is 3. The summed E-state index contributed by atoms with van der Waals surface area (Å²) in [6.45, 7) is -1.72. The van der Waals surface area contributed by atoms with Gasteiger partial charge in [0.25, 0.3) is 0 Å². The van der Waals surface area contributed by atoms with E-state index in [4.69, 9.17) is 14.2 Å². The Bertz CT molecular complexity index is 1420. The number of ether oxygens (including phenoxy) is 3. The molecule has 0 amide bonds. The molecule has 2 aliphatic heterocycles. The number of pyridine rings is 2. The summed E-state index contributed by atoms with van der Waals surface area (Å²) >= 11 is 0. The first-order chi connectivity index (χ1) is 18.0. The van der Waals surface area contributed by atoms with E-state index in [2.05, 4.69) is 9.97 Å². The maximum absolute atomic E-state index is 15.3. The lowest BCUT2D eigenvalue weighted by Crippen LogP contribution is -2.23. The Balaban J connectivity index is 1.44. The number of aliphatic hydroxyl groups excluding tert-OH is 1. The SMILES string of the molecule is OC1COC(c2ccccc2OC(F)F)c2c1nc1cc(F)c(-c3ccc(C4CCOCC4)nc3)cn21. The maximum Gasteiger partial charge on any atom is 0.387 e. The zero-order valence-corrected chi connectivity index (χ0v) is 19.7. The van der Waals surface area contributed by atoms with Crippen LogP contribution in [0.3, 0.4) is 0 Å². The van der Waals surface area contributed by atoms with Crippen molar-refractivity contribution in [1.29, 1.82) is 0 Å². The first-order valence-electron chi connectivity index (χ1n) is 12.1. The van der Waals surface area contributed by atoms with Crippen molar-refractivity contribution in [2.45, 2.75) is 37.6 Å². The van der Waals surface area contributed by atoms with Gasteiger partial charge in [0.2, 0.25) is 0 Å². The number of fused-ring (bicyclic) bond motifs is 3. The molecule has 7 nitrogen and oxygen atoms in total. The quantitative estimate of drug-likeness (QED) is 0.398. The third-order valence-corrected chi connectivity index (χ3v) is 6.91. The molecule has 1 saturated heterocycles. The largest absolute Gasteiger partial charge is 0.434 e. The summed E-state index contributed by atoms with van der Waals surface area (Å²) in [5, 5.41) is 10.6. The third-order valence-electron chi connectivity index (χ3n) is 6.91. The molecule has 10 heteroatoms. The highest BCUT2D eigenvalue weighted by Crippen LogP contribution is 2.41. The first-order valence-corrected chi connectivity index (χ1v) is 12.1. The number of rotatable bonds is 5. The number of para-hydroxylation sites is 1. The number of benzene rings is 1. The van der Waals surface area contributed by atoms with Gasteiger partial charge in [-0.3, -0.25) is 9.38 Å². The predicted octanol–water partition coefficient (Wildman–Crippen LogP) is 5.18. The Labute approximate surface area is 210 Å². The summed E-state index contributed by atoms with van der Waals surface area (Å²) in [5.74, 6) is -0.232. The Morgan fingerprint density at radius 1 is 1.11 bits per heavy atom. The molecule has 2 unspecified atom stereocenters. The van der Waals surface area contributed by atoms with Gasteiger partial charge in [-0.1, -0.05) is 24.3 Å². The van der Waals surface area contributed by atoms with Crippen LogP contribution in [0.5, 0.6) is 5.75 Å². The van der Waals surface area contributed by atoms with E-state index in [1.165, 1.54) is 12.1 Å². The van der Waals surface area contributed by atoms with E-state index in [1.807, 2.05) is 12.1 Å². The van der Waals surface area contributed by atoms with E-state index in [-0.39, 0.29) is 23.6 Å². The molecule has 4 aromatic rings. The number of imidazole rings is 1. The Morgan fingerprint density at radius 2 is 1.92 bits per heavy atom. The van der Waals surface area contributed by atoms with Crippen molar-refractivity contribution < 1.29 is 32.5 Å². The molecule has 2 atom stereocenters. The second-order valence-corrected chi connectivity index (χ2v) is 9.15. The van der Waals surface area contributed by atoms with Crippen LogP contribution in [-0.2, 0) is 9.47 Å². The van der Waals surface area contributed by atoms with Crippen LogP contribution in [0.15, 0.2) is 54.9 Å². The Hall–Kier alpha value is -3.47. The highest BCUT2D eigenvalue weighted by Gasteiger charge is 2.35. The number of hydrogen-bond donors (Lipinski definition) is 1.